The van der Waals surface area contributed by atoms with Gasteiger partial charge in [-0.1, -0.05) is 86.1 Å². The van der Waals surface area contributed by atoms with Gasteiger partial charge in [-0.25, -0.2) is 18.6 Å². The normalized spacial score (nSPS) is 12.6. The minimum absolute atomic E-state index is 0.130. The molecular weight excluding hydrogens is 510 g/mol. The number of ether oxygens (including phenoxy) is 1. The van der Waals surface area contributed by atoms with E-state index < -0.39 is 22.0 Å². The lowest BCUT2D eigenvalue weighted by atomic mass is 10.0. The molecule has 1 atom stereocenters. The van der Waals surface area contributed by atoms with Crippen molar-refractivity contribution < 1.29 is 17.9 Å². The Morgan fingerprint density at radius 3 is 2.26 bits per heavy atom. The van der Waals surface area contributed by atoms with Crippen molar-refractivity contribution in [3.63, 3.8) is 0 Å². The third kappa shape index (κ3) is 7.52. The Labute approximate surface area is 230 Å². The maximum atomic E-state index is 13.1. The highest BCUT2D eigenvalue weighted by molar-refractivity contribution is 7.89. The molecule has 0 spiro atoms. The van der Waals surface area contributed by atoms with Crippen molar-refractivity contribution in [2.45, 2.75) is 38.1 Å². The van der Waals surface area contributed by atoms with Crippen LogP contribution in [0.4, 0.5) is 0 Å². The van der Waals surface area contributed by atoms with E-state index in [2.05, 4.69) is 29.1 Å². The zero-order valence-electron chi connectivity index (χ0n) is 22.3. The molecule has 2 N–H and O–H groups in total. The molecule has 0 fully saturated rings. The predicted octanol–water partition coefficient (Wildman–Crippen LogP) is 5.74. The van der Waals surface area contributed by atoms with Gasteiger partial charge in [0.25, 0.3) is 0 Å². The summed E-state index contributed by atoms with van der Waals surface area (Å²) in [5, 5.41) is 6.07. The Bertz CT molecular complexity index is 1550. The molecule has 0 radical (unpaired) electrons. The molecule has 4 aromatic carbocycles. The largest absolute Gasteiger partial charge is 0.493 e. The summed E-state index contributed by atoms with van der Waals surface area (Å²) in [6.07, 6.45) is 1.45. The van der Waals surface area contributed by atoms with Gasteiger partial charge in [-0.05, 0) is 48.1 Å². The molecule has 0 aromatic heterocycles. The van der Waals surface area contributed by atoms with Crippen LogP contribution >= 0.6 is 0 Å². The van der Waals surface area contributed by atoms with Gasteiger partial charge in [0.1, 0.15) is 5.75 Å². The summed E-state index contributed by atoms with van der Waals surface area (Å²) < 4.78 is 34.8. The van der Waals surface area contributed by atoms with Crippen LogP contribution in [0.15, 0.2) is 101 Å². The van der Waals surface area contributed by atoms with Crippen LogP contribution in [-0.4, -0.2) is 27.1 Å². The van der Waals surface area contributed by atoms with E-state index >= 15 is 0 Å². The number of hydrogen-bond acceptors (Lipinski definition) is 5. The second-order valence-corrected chi connectivity index (χ2v) is 11.5. The Kier molecular flexibility index (Phi) is 9.11. The summed E-state index contributed by atoms with van der Waals surface area (Å²) in [5.41, 5.74) is 5.00. The van der Waals surface area contributed by atoms with Crippen molar-refractivity contribution in [2.75, 3.05) is 6.61 Å². The van der Waals surface area contributed by atoms with Crippen LogP contribution < -0.4 is 14.9 Å². The first-order valence-electron chi connectivity index (χ1n) is 12.8. The van der Waals surface area contributed by atoms with Crippen LogP contribution in [0.3, 0.4) is 0 Å². The maximum absolute atomic E-state index is 13.1. The van der Waals surface area contributed by atoms with Crippen LogP contribution in [0, 0.1) is 12.8 Å². The lowest BCUT2D eigenvalue weighted by Crippen LogP contribution is -2.32. The number of nitrogens with one attached hydrogen (secondary N) is 2. The number of aryl methyl sites for hydroxylation is 1. The van der Waals surface area contributed by atoms with E-state index in [0.29, 0.717) is 18.1 Å². The average molecular weight is 544 g/mol. The number of amides is 1. The number of benzene rings is 4. The SMILES string of the molecule is Cc1ccc(S(=O)(=O)N[C@@H](CC(=O)N/N=C\c2ccc(OCC(C)C)c3ccccc23)c2ccccc2)cc1. The molecule has 0 unspecified atom stereocenters. The number of carbonyl (C=O) groups excluding carboxylic acids is 1. The molecule has 8 heteroatoms. The topological polar surface area (TPSA) is 96.9 Å². The van der Waals surface area contributed by atoms with Crippen molar-refractivity contribution in [3.8, 4) is 5.75 Å². The first kappa shape index (κ1) is 28.0. The van der Waals surface area contributed by atoms with E-state index in [1.165, 1.54) is 0 Å². The summed E-state index contributed by atoms with van der Waals surface area (Å²) in [6, 6.07) is 26.5. The monoisotopic (exact) mass is 543 g/mol. The van der Waals surface area contributed by atoms with E-state index in [4.69, 9.17) is 4.74 Å². The number of nitrogens with zero attached hydrogens (tertiary/aromatic N) is 1. The Morgan fingerprint density at radius 1 is 0.897 bits per heavy atom. The lowest BCUT2D eigenvalue weighted by Gasteiger charge is -2.18. The van der Waals surface area contributed by atoms with Crippen molar-refractivity contribution in [3.05, 3.63) is 108 Å². The highest BCUT2D eigenvalue weighted by Crippen LogP contribution is 2.28. The summed E-state index contributed by atoms with van der Waals surface area (Å²) in [7, 11) is -3.85. The fourth-order valence-corrected chi connectivity index (χ4v) is 5.30. The third-order valence-corrected chi connectivity index (χ3v) is 7.59. The van der Waals surface area contributed by atoms with Gasteiger partial charge in [-0.2, -0.15) is 5.10 Å². The number of rotatable bonds is 11. The van der Waals surface area contributed by atoms with Crippen molar-refractivity contribution in [1.29, 1.82) is 0 Å². The Balaban J connectivity index is 1.49. The minimum atomic E-state index is -3.85. The van der Waals surface area contributed by atoms with E-state index in [0.717, 1.165) is 27.6 Å². The zero-order valence-corrected chi connectivity index (χ0v) is 23.1. The first-order valence-corrected chi connectivity index (χ1v) is 14.3. The van der Waals surface area contributed by atoms with Gasteiger partial charge in [0.15, 0.2) is 0 Å². The standard InChI is InChI=1S/C31H33N3O4S/c1-22(2)21-38-30-18-15-25(27-11-7-8-12-28(27)30)20-32-33-31(35)19-29(24-9-5-4-6-10-24)34-39(36,37)26-16-13-23(3)14-17-26/h4-18,20,22,29,34H,19,21H2,1-3H3,(H,33,35)/b32-20-/t29-/m0/s1. The molecule has 1 amide bonds. The Morgan fingerprint density at radius 2 is 1.56 bits per heavy atom. The van der Waals surface area contributed by atoms with Gasteiger partial charge in [0.05, 0.1) is 23.8 Å². The molecule has 0 aliphatic carbocycles. The predicted molar refractivity (Wildman–Crippen MR) is 155 cm³/mol. The van der Waals surface area contributed by atoms with Crippen LogP contribution in [0.5, 0.6) is 5.75 Å². The number of hydrogen-bond donors (Lipinski definition) is 2. The fourth-order valence-electron chi connectivity index (χ4n) is 4.08. The van der Waals surface area contributed by atoms with Gasteiger partial charge in [0, 0.05) is 17.4 Å². The summed E-state index contributed by atoms with van der Waals surface area (Å²) in [6.45, 7) is 6.70. The van der Waals surface area contributed by atoms with Gasteiger partial charge >= 0.3 is 0 Å². The van der Waals surface area contributed by atoms with Crippen LogP contribution in [-0.2, 0) is 14.8 Å². The number of carbonyl (C=O) groups is 1. The molecule has 0 aliphatic heterocycles. The van der Waals surface area contributed by atoms with E-state index in [-0.39, 0.29) is 11.3 Å². The summed E-state index contributed by atoms with van der Waals surface area (Å²) in [4.78, 5) is 13.0. The van der Waals surface area contributed by atoms with Crippen molar-refractivity contribution >= 4 is 32.9 Å². The second-order valence-electron chi connectivity index (χ2n) is 9.80. The van der Waals surface area contributed by atoms with E-state index in [1.54, 1.807) is 54.7 Å². The van der Waals surface area contributed by atoms with Gasteiger partial charge in [-0.15, -0.1) is 0 Å². The third-order valence-electron chi connectivity index (χ3n) is 6.10. The maximum Gasteiger partial charge on any atom is 0.242 e. The highest BCUT2D eigenvalue weighted by atomic mass is 32.2. The summed E-state index contributed by atoms with van der Waals surface area (Å²) >= 11 is 0. The molecule has 4 rings (SSSR count). The molecule has 39 heavy (non-hydrogen) atoms. The van der Waals surface area contributed by atoms with Gasteiger partial charge in [-0.3, -0.25) is 4.79 Å². The number of fused-ring (bicyclic) bond motifs is 1. The van der Waals surface area contributed by atoms with Crippen molar-refractivity contribution in [2.24, 2.45) is 11.0 Å². The van der Waals surface area contributed by atoms with E-state index in [1.807, 2.05) is 49.4 Å². The molecule has 0 saturated heterocycles. The van der Waals surface area contributed by atoms with Gasteiger partial charge in [0.2, 0.25) is 15.9 Å². The van der Waals surface area contributed by atoms with Crippen LogP contribution in [0.25, 0.3) is 10.8 Å². The molecule has 0 aliphatic rings. The van der Waals surface area contributed by atoms with Gasteiger partial charge < -0.3 is 4.74 Å². The van der Waals surface area contributed by atoms with E-state index in [9.17, 15) is 13.2 Å². The number of hydrazone groups is 1. The quantitative estimate of drug-likeness (QED) is 0.186. The highest BCUT2D eigenvalue weighted by Gasteiger charge is 2.23. The minimum Gasteiger partial charge on any atom is -0.493 e. The molecule has 4 aromatic rings. The smallest absolute Gasteiger partial charge is 0.242 e. The van der Waals surface area contributed by atoms with Crippen LogP contribution in [0.2, 0.25) is 0 Å². The second kappa shape index (κ2) is 12.7. The molecule has 0 bridgehead atoms. The molecular formula is C31H33N3O4S. The number of sulfonamides is 1. The summed E-state index contributed by atoms with van der Waals surface area (Å²) in [5.74, 6) is 0.779. The zero-order chi connectivity index (χ0) is 27.8. The fraction of sp³-hybridized carbons (Fsp3) is 0.226. The van der Waals surface area contributed by atoms with Crippen molar-refractivity contribution in [1.82, 2.24) is 10.1 Å². The molecule has 202 valence electrons. The molecule has 0 saturated carbocycles. The average Bonchev–Trinajstić information content (AvgIpc) is 2.92. The molecule has 7 nitrogen and oxygen atoms in total. The molecule has 0 heterocycles. The Hall–Kier alpha value is -4.01. The van der Waals surface area contributed by atoms with Crippen LogP contribution in [0.1, 0.15) is 43.0 Å². The lowest BCUT2D eigenvalue weighted by molar-refractivity contribution is -0.121. The first-order chi connectivity index (χ1) is 18.7.